The van der Waals surface area contributed by atoms with Crippen molar-refractivity contribution < 1.29 is 9.90 Å². The lowest BCUT2D eigenvalue weighted by molar-refractivity contribution is 0.0690. The van der Waals surface area contributed by atoms with Gasteiger partial charge in [0.05, 0.1) is 6.54 Å². The molecule has 2 heterocycles. The van der Waals surface area contributed by atoms with Crippen molar-refractivity contribution in [2.45, 2.75) is 6.54 Å². The summed E-state index contributed by atoms with van der Waals surface area (Å²) in [5, 5.41) is 10.9. The summed E-state index contributed by atoms with van der Waals surface area (Å²) in [6, 6.07) is 9.04. The topological polar surface area (TPSA) is 53.4 Å². The molecular formula is C12H12N2O2S. The van der Waals surface area contributed by atoms with Gasteiger partial charge in [-0.15, -0.1) is 11.3 Å². The van der Waals surface area contributed by atoms with Gasteiger partial charge in [0.2, 0.25) is 0 Å². The Labute approximate surface area is 103 Å². The van der Waals surface area contributed by atoms with Crippen LogP contribution in [0.4, 0.5) is 5.82 Å². The zero-order valence-corrected chi connectivity index (χ0v) is 10.1. The number of nitrogens with zero attached hydrogens (tertiary/aromatic N) is 2. The summed E-state index contributed by atoms with van der Waals surface area (Å²) in [6.07, 6.45) is 0. The fraction of sp³-hybridized carbons (Fsp3) is 0.167. The van der Waals surface area contributed by atoms with Crippen molar-refractivity contribution in [3.63, 3.8) is 0 Å². The minimum Gasteiger partial charge on any atom is -0.477 e. The van der Waals surface area contributed by atoms with Gasteiger partial charge in [-0.3, -0.25) is 0 Å². The van der Waals surface area contributed by atoms with Gasteiger partial charge in [-0.05, 0) is 23.6 Å². The first kappa shape index (κ1) is 11.6. The molecule has 0 saturated carbocycles. The third-order valence-electron chi connectivity index (χ3n) is 2.32. The van der Waals surface area contributed by atoms with Crippen molar-refractivity contribution in [3.05, 3.63) is 46.3 Å². The second-order valence-electron chi connectivity index (χ2n) is 3.62. The summed E-state index contributed by atoms with van der Waals surface area (Å²) in [7, 11) is 1.90. The van der Waals surface area contributed by atoms with E-state index in [1.165, 1.54) is 10.9 Å². The van der Waals surface area contributed by atoms with Crippen molar-refractivity contribution >= 4 is 23.1 Å². The van der Waals surface area contributed by atoms with Crippen molar-refractivity contribution in [1.82, 2.24) is 4.98 Å². The molecule has 0 saturated heterocycles. The maximum Gasteiger partial charge on any atom is 0.354 e. The number of anilines is 1. The standard InChI is InChI=1S/C12H12N2O2S/c1-14(8-9-4-3-7-17-9)11-6-2-5-10(13-11)12(15)16/h2-7H,8H2,1H3,(H,15,16). The van der Waals surface area contributed by atoms with Gasteiger partial charge in [-0.1, -0.05) is 12.1 Å². The van der Waals surface area contributed by atoms with Crippen molar-refractivity contribution in [1.29, 1.82) is 0 Å². The van der Waals surface area contributed by atoms with Gasteiger partial charge in [0.15, 0.2) is 5.69 Å². The minimum atomic E-state index is -1.00. The summed E-state index contributed by atoms with van der Waals surface area (Å²) in [5.74, 6) is -0.338. The van der Waals surface area contributed by atoms with Crippen molar-refractivity contribution in [2.24, 2.45) is 0 Å². The highest BCUT2D eigenvalue weighted by molar-refractivity contribution is 7.09. The van der Waals surface area contributed by atoms with Gasteiger partial charge in [0, 0.05) is 11.9 Å². The van der Waals surface area contributed by atoms with E-state index in [0.717, 1.165) is 6.54 Å². The van der Waals surface area contributed by atoms with Crippen LogP contribution in [-0.4, -0.2) is 23.1 Å². The molecular weight excluding hydrogens is 236 g/mol. The van der Waals surface area contributed by atoms with Crippen molar-refractivity contribution in [3.8, 4) is 0 Å². The van der Waals surface area contributed by atoms with Gasteiger partial charge in [0.25, 0.3) is 0 Å². The molecule has 2 aromatic rings. The van der Waals surface area contributed by atoms with Crippen LogP contribution >= 0.6 is 11.3 Å². The van der Waals surface area contributed by atoms with Crippen LogP contribution < -0.4 is 4.90 Å². The van der Waals surface area contributed by atoms with Gasteiger partial charge in [-0.25, -0.2) is 9.78 Å². The maximum atomic E-state index is 10.8. The normalized spacial score (nSPS) is 10.2. The highest BCUT2D eigenvalue weighted by Crippen LogP contribution is 2.16. The first-order chi connectivity index (χ1) is 8.16. The average Bonchev–Trinajstić information content (AvgIpc) is 2.82. The van der Waals surface area contributed by atoms with Crippen molar-refractivity contribution in [2.75, 3.05) is 11.9 Å². The number of aromatic nitrogens is 1. The molecule has 88 valence electrons. The highest BCUT2D eigenvalue weighted by Gasteiger charge is 2.08. The predicted octanol–water partition coefficient (Wildman–Crippen LogP) is 2.48. The molecule has 0 unspecified atom stereocenters. The zero-order valence-electron chi connectivity index (χ0n) is 9.33. The molecule has 2 rings (SSSR count). The molecule has 0 bridgehead atoms. The smallest absolute Gasteiger partial charge is 0.354 e. The molecule has 0 aliphatic carbocycles. The Kier molecular flexibility index (Phi) is 3.39. The lowest BCUT2D eigenvalue weighted by Crippen LogP contribution is -2.18. The van der Waals surface area contributed by atoms with E-state index in [1.807, 2.05) is 29.5 Å². The van der Waals surface area contributed by atoms with E-state index in [-0.39, 0.29) is 5.69 Å². The summed E-state index contributed by atoms with van der Waals surface area (Å²) >= 11 is 1.67. The number of carbonyl (C=O) groups is 1. The molecule has 0 aromatic carbocycles. The van der Waals surface area contributed by atoms with Crippen LogP contribution in [0.2, 0.25) is 0 Å². The number of aromatic carboxylic acids is 1. The monoisotopic (exact) mass is 248 g/mol. The Morgan fingerprint density at radius 1 is 1.41 bits per heavy atom. The van der Waals surface area contributed by atoms with Crippen LogP contribution in [0.15, 0.2) is 35.7 Å². The second kappa shape index (κ2) is 4.97. The lowest BCUT2D eigenvalue weighted by atomic mass is 10.3. The lowest BCUT2D eigenvalue weighted by Gasteiger charge is -2.17. The second-order valence-corrected chi connectivity index (χ2v) is 4.65. The van der Waals surface area contributed by atoms with E-state index in [0.29, 0.717) is 5.82 Å². The molecule has 0 atom stereocenters. The fourth-order valence-corrected chi connectivity index (χ4v) is 2.23. The molecule has 4 nitrogen and oxygen atoms in total. The molecule has 0 aliphatic heterocycles. The van der Waals surface area contributed by atoms with Crippen LogP contribution in [0.5, 0.6) is 0 Å². The number of carboxylic acids is 1. The summed E-state index contributed by atoms with van der Waals surface area (Å²) in [4.78, 5) is 18.0. The largest absolute Gasteiger partial charge is 0.477 e. The number of pyridine rings is 1. The third-order valence-corrected chi connectivity index (χ3v) is 3.18. The number of rotatable bonds is 4. The van der Waals surface area contributed by atoms with Crippen LogP contribution in [0.1, 0.15) is 15.4 Å². The van der Waals surface area contributed by atoms with E-state index in [4.69, 9.17) is 5.11 Å². The average molecular weight is 248 g/mol. The van der Waals surface area contributed by atoms with E-state index in [1.54, 1.807) is 23.5 Å². The van der Waals surface area contributed by atoms with Crippen LogP contribution in [0.25, 0.3) is 0 Å². The molecule has 0 radical (unpaired) electrons. The number of hydrogen-bond donors (Lipinski definition) is 1. The molecule has 0 amide bonds. The Balaban J connectivity index is 2.16. The number of hydrogen-bond acceptors (Lipinski definition) is 4. The van der Waals surface area contributed by atoms with Gasteiger partial charge in [0.1, 0.15) is 5.82 Å². The van der Waals surface area contributed by atoms with E-state index >= 15 is 0 Å². The van der Waals surface area contributed by atoms with Gasteiger partial charge < -0.3 is 10.0 Å². The molecule has 5 heteroatoms. The Morgan fingerprint density at radius 3 is 2.88 bits per heavy atom. The van der Waals surface area contributed by atoms with E-state index in [9.17, 15) is 4.79 Å². The minimum absolute atomic E-state index is 0.0699. The molecule has 1 N–H and O–H groups in total. The van der Waals surface area contributed by atoms with Gasteiger partial charge in [-0.2, -0.15) is 0 Å². The fourth-order valence-electron chi connectivity index (χ4n) is 1.47. The quantitative estimate of drug-likeness (QED) is 0.903. The zero-order chi connectivity index (χ0) is 12.3. The summed E-state index contributed by atoms with van der Waals surface area (Å²) < 4.78 is 0. The Morgan fingerprint density at radius 2 is 2.24 bits per heavy atom. The molecule has 0 fully saturated rings. The first-order valence-corrected chi connectivity index (χ1v) is 5.98. The van der Waals surface area contributed by atoms with Crippen LogP contribution in [-0.2, 0) is 6.54 Å². The Bertz CT molecular complexity index is 511. The highest BCUT2D eigenvalue weighted by atomic mass is 32.1. The van der Waals surface area contributed by atoms with Crippen LogP contribution in [0.3, 0.4) is 0 Å². The number of thiophene rings is 1. The SMILES string of the molecule is CN(Cc1cccs1)c1cccc(C(=O)O)n1. The summed E-state index contributed by atoms with van der Waals surface area (Å²) in [6.45, 7) is 0.730. The molecule has 0 spiro atoms. The Hall–Kier alpha value is -1.88. The summed E-state index contributed by atoms with van der Waals surface area (Å²) in [5.41, 5.74) is 0.0699. The molecule has 17 heavy (non-hydrogen) atoms. The molecule has 2 aromatic heterocycles. The first-order valence-electron chi connectivity index (χ1n) is 5.10. The van der Waals surface area contributed by atoms with Gasteiger partial charge >= 0.3 is 5.97 Å². The maximum absolute atomic E-state index is 10.8. The molecule has 0 aliphatic rings. The van der Waals surface area contributed by atoms with E-state index in [2.05, 4.69) is 4.98 Å². The van der Waals surface area contributed by atoms with Crippen LogP contribution in [0, 0.1) is 0 Å². The number of carboxylic acid groups (broad SMARTS) is 1. The predicted molar refractivity (Wildman–Crippen MR) is 67.6 cm³/mol. The van der Waals surface area contributed by atoms with E-state index < -0.39 is 5.97 Å². The third kappa shape index (κ3) is 2.82.